The number of halogens is 1. The van der Waals surface area contributed by atoms with Gasteiger partial charge in [0, 0.05) is 17.8 Å². The van der Waals surface area contributed by atoms with E-state index in [0.717, 1.165) is 12.8 Å². The van der Waals surface area contributed by atoms with Gasteiger partial charge in [0.15, 0.2) is 0 Å². The van der Waals surface area contributed by atoms with Gasteiger partial charge >= 0.3 is 0 Å². The van der Waals surface area contributed by atoms with E-state index < -0.39 is 0 Å². The number of alkyl halides is 1. The third-order valence-corrected chi connectivity index (χ3v) is 3.23. The second kappa shape index (κ2) is 3.87. The fourth-order valence-corrected chi connectivity index (χ4v) is 1.76. The molecule has 2 unspecified atom stereocenters. The van der Waals surface area contributed by atoms with Crippen LogP contribution >= 0.6 is 11.6 Å². The molecule has 0 aromatic carbocycles. The maximum Gasteiger partial charge on any atom is 0.223 e. The Balaban J connectivity index is 2.34. The molecule has 0 bridgehead atoms. The molecule has 0 saturated heterocycles. The van der Waals surface area contributed by atoms with Crippen molar-refractivity contribution in [2.24, 2.45) is 11.3 Å². The van der Waals surface area contributed by atoms with E-state index >= 15 is 0 Å². The summed E-state index contributed by atoms with van der Waals surface area (Å²) in [5, 5.41) is 2.96. The van der Waals surface area contributed by atoms with Gasteiger partial charge < -0.3 is 5.32 Å². The second-order valence-electron chi connectivity index (χ2n) is 4.51. The van der Waals surface area contributed by atoms with Crippen LogP contribution in [0.15, 0.2) is 0 Å². The van der Waals surface area contributed by atoms with Crippen molar-refractivity contribution in [2.75, 3.05) is 5.88 Å². The summed E-state index contributed by atoms with van der Waals surface area (Å²) in [7, 11) is 0. The molecule has 1 N–H and O–H groups in total. The smallest absolute Gasteiger partial charge is 0.223 e. The van der Waals surface area contributed by atoms with E-state index in [0.29, 0.717) is 5.88 Å². The van der Waals surface area contributed by atoms with Crippen LogP contribution in [0.2, 0.25) is 0 Å². The van der Waals surface area contributed by atoms with Gasteiger partial charge in [0.05, 0.1) is 0 Å². The highest BCUT2D eigenvalue weighted by Crippen LogP contribution is 2.51. The molecule has 1 amide bonds. The van der Waals surface area contributed by atoms with Crippen LogP contribution in [0.3, 0.4) is 0 Å². The Bertz CT molecular complexity index is 199. The largest absolute Gasteiger partial charge is 0.352 e. The van der Waals surface area contributed by atoms with Gasteiger partial charge in [0.1, 0.15) is 0 Å². The molecule has 1 fully saturated rings. The summed E-state index contributed by atoms with van der Waals surface area (Å²) in [4.78, 5) is 11.6. The SMILES string of the molecule is CCC(CCl)NC(=O)C1CC1(C)C. The molecular weight excluding hydrogens is 186 g/mol. The standard InChI is InChI=1S/C10H18ClNO/c1-4-7(6-11)12-9(13)8-5-10(8,2)3/h7-8H,4-6H2,1-3H3,(H,12,13). The lowest BCUT2D eigenvalue weighted by Gasteiger charge is -2.14. The molecule has 13 heavy (non-hydrogen) atoms. The highest BCUT2D eigenvalue weighted by molar-refractivity contribution is 6.18. The molecule has 1 aliphatic rings. The molecule has 2 atom stereocenters. The predicted molar refractivity (Wildman–Crippen MR) is 54.8 cm³/mol. The van der Waals surface area contributed by atoms with E-state index in [4.69, 9.17) is 11.6 Å². The first-order chi connectivity index (χ1) is 6.01. The first-order valence-electron chi connectivity index (χ1n) is 4.87. The molecule has 1 aliphatic carbocycles. The second-order valence-corrected chi connectivity index (χ2v) is 4.82. The summed E-state index contributed by atoms with van der Waals surface area (Å²) in [6, 6.07) is 0.144. The third kappa shape index (κ3) is 2.60. The quantitative estimate of drug-likeness (QED) is 0.698. The van der Waals surface area contributed by atoms with Crippen LogP contribution in [-0.2, 0) is 4.79 Å². The monoisotopic (exact) mass is 203 g/mol. The normalized spacial score (nSPS) is 26.6. The zero-order chi connectivity index (χ0) is 10.1. The molecule has 0 aromatic heterocycles. The van der Waals surface area contributed by atoms with E-state index in [1.807, 2.05) is 6.92 Å². The van der Waals surface area contributed by atoms with Crippen LogP contribution in [0.5, 0.6) is 0 Å². The lowest BCUT2D eigenvalue weighted by molar-refractivity contribution is -0.123. The first kappa shape index (κ1) is 10.8. The van der Waals surface area contributed by atoms with Crippen LogP contribution in [0.4, 0.5) is 0 Å². The molecule has 2 nitrogen and oxygen atoms in total. The summed E-state index contributed by atoms with van der Waals surface area (Å²) in [6.45, 7) is 6.28. The van der Waals surface area contributed by atoms with E-state index in [1.54, 1.807) is 0 Å². The van der Waals surface area contributed by atoms with Crippen LogP contribution in [0.1, 0.15) is 33.6 Å². The summed E-state index contributed by atoms with van der Waals surface area (Å²) >= 11 is 5.69. The fraction of sp³-hybridized carbons (Fsp3) is 0.900. The van der Waals surface area contributed by atoms with E-state index in [-0.39, 0.29) is 23.3 Å². The predicted octanol–water partition coefficient (Wildman–Crippen LogP) is 2.17. The molecule has 0 aliphatic heterocycles. The Morgan fingerprint density at radius 2 is 2.23 bits per heavy atom. The average molecular weight is 204 g/mol. The topological polar surface area (TPSA) is 29.1 Å². The lowest BCUT2D eigenvalue weighted by Crippen LogP contribution is -2.37. The van der Waals surface area contributed by atoms with Gasteiger partial charge in [-0.25, -0.2) is 0 Å². The number of rotatable bonds is 4. The summed E-state index contributed by atoms with van der Waals surface area (Å²) in [5.41, 5.74) is 0.217. The number of hydrogen-bond donors (Lipinski definition) is 1. The van der Waals surface area contributed by atoms with E-state index in [1.165, 1.54) is 0 Å². The number of hydrogen-bond acceptors (Lipinski definition) is 1. The lowest BCUT2D eigenvalue weighted by atomic mass is 10.1. The first-order valence-corrected chi connectivity index (χ1v) is 5.41. The summed E-state index contributed by atoms with van der Waals surface area (Å²) < 4.78 is 0. The molecule has 1 rings (SSSR count). The fourth-order valence-electron chi connectivity index (χ4n) is 1.47. The van der Waals surface area contributed by atoms with Gasteiger partial charge in [-0.1, -0.05) is 20.8 Å². The minimum Gasteiger partial charge on any atom is -0.352 e. The van der Waals surface area contributed by atoms with Crippen molar-refractivity contribution < 1.29 is 4.79 Å². The van der Waals surface area contributed by atoms with Crippen molar-refractivity contribution in [2.45, 2.75) is 39.7 Å². The van der Waals surface area contributed by atoms with E-state index in [2.05, 4.69) is 19.2 Å². The number of amides is 1. The van der Waals surface area contributed by atoms with Gasteiger partial charge in [-0.05, 0) is 18.3 Å². The van der Waals surface area contributed by atoms with Crippen LogP contribution < -0.4 is 5.32 Å². The molecule has 0 heterocycles. The van der Waals surface area contributed by atoms with Crippen molar-refractivity contribution >= 4 is 17.5 Å². The number of nitrogens with one attached hydrogen (secondary N) is 1. The minimum atomic E-state index is 0.144. The van der Waals surface area contributed by atoms with Gasteiger partial charge in [-0.3, -0.25) is 4.79 Å². The van der Waals surface area contributed by atoms with Crippen LogP contribution in [0.25, 0.3) is 0 Å². The molecular formula is C10H18ClNO. The van der Waals surface area contributed by atoms with Crippen molar-refractivity contribution in [3.05, 3.63) is 0 Å². The molecule has 0 radical (unpaired) electrons. The van der Waals surface area contributed by atoms with Gasteiger partial charge in [-0.15, -0.1) is 11.6 Å². The van der Waals surface area contributed by atoms with Gasteiger partial charge in [-0.2, -0.15) is 0 Å². The Morgan fingerprint density at radius 1 is 1.69 bits per heavy atom. The van der Waals surface area contributed by atoms with Crippen LogP contribution in [-0.4, -0.2) is 17.8 Å². The number of carbonyl (C=O) groups excluding carboxylic acids is 1. The van der Waals surface area contributed by atoms with Crippen molar-refractivity contribution in [3.63, 3.8) is 0 Å². The molecule has 0 aromatic rings. The zero-order valence-electron chi connectivity index (χ0n) is 8.56. The maximum absolute atomic E-state index is 11.6. The minimum absolute atomic E-state index is 0.144. The Labute approximate surface area is 85.0 Å². The highest BCUT2D eigenvalue weighted by Gasteiger charge is 2.50. The highest BCUT2D eigenvalue weighted by atomic mass is 35.5. The van der Waals surface area contributed by atoms with Crippen molar-refractivity contribution in [1.82, 2.24) is 5.32 Å². The average Bonchev–Trinajstić information content (AvgIpc) is 2.70. The molecule has 3 heteroatoms. The Kier molecular flexibility index (Phi) is 3.23. The van der Waals surface area contributed by atoms with Crippen molar-refractivity contribution in [1.29, 1.82) is 0 Å². The van der Waals surface area contributed by atoms with Crippen molar-refractivity contribution in [3.8, 4) is 0 Å². The third-order valence-electron chi connectivity index (χ3n) is 2.86. The van der Waals surface area contributed by atoms with Gasteiger partial charge in [0.25, 0.3) is 0 Å². The number of carbonyl (C=O) groups is 1. The van der Waals surface area contributed by atoms with Gasteiger partial charge in [0.2, 0.25) is 5.91 Å². The molecule has 76 valence electrons. The Hall–Kier alpha value is -0.240. The maximum atomic E-state index is 11.6. The zero-order valence-corrected chi connectivity index (χ0v) is 9.32. The summed E-state index contributed by atoms with van der Waals surface area (Å²) in [5.74, 6) is 0.900. The Morgan fingerprint density at radius 3 is 2.54 bits per heavy atom. The summed E-state index contributed by atoms with van der Waals surface area (Å²) in [6.07, 6.45) is 1.92. The van der Waals surface area contributed by atoms with E-state index in [9.17, 15) is 4.79 Å². The van der Waals surface area contributed by atoms with Crippen LogP contribution in [0, 0.1) is 11.3 Å². The molecule has 1 saturated carbocycles. The molecule has 0 spiro atoms.